The molecule has 0 aromatic heterocycles. The number of sulfone groups is 1. The number of aliphatic carboxylic acids is 1. The lowest BCUT2D eigenvalue weighted by molar-refractivity contribution is -0.138. The Labute approximate surface area is 115 Å². The topological polar surface area (TPSA) is 71.4 Å². The van der Waals surface area contributed by atoms with Crippen molar-refractivity contribution in [3.05, 3.63) is 22.7 Å². The van der Waals surface area contributed by atoms with E-state index in [-0.39, 0.29) is 9.92 Å². The van der Waals surface area contributed by atoms with Crippen LogP contribution in [0.3, 0.4) is 0 Å². The number of hydrogen-bond acceptors (Lipinski definition) is 4. The smallest absolute Gasteiger partial charge is 0.310 e. The summed E-state index contributed by atoms with van der Waals surface area (Å²) in [6.45, 7) is 1.48. The molecular weight excluding hydrogens is 296 g/mol. The maximum absolute atomic E-state index is 11.7. The minimum absolute atomic E-state index is 0.0746. The lowest BCUT2D eigenvalue weighted by atomic mass is 10.0. The average molecular weight is 309 g/mol. The first kappa shape index (κ1) is 15.3. The Bertz CT molecular complexity index is 581. The molecule has 0 fully saturated rings. The summed E-state index contributed by atoms with van der Waals surface area (Å²) in [4.78, 5) is 11.4. The van der Waals surface area contributed by atoms with Crippen molar-refractivity contribution < 1.29 is 18.3 Å². The first-order valence-corrected chi connectivity index (χ1v) is 8.48. The highest BCUT2D eigenvalue weighted by Crippen LogP contribution is 2.35. The standard InChI is InChI=1S/C11H13ClO4S2/c1-6(11(13)14)7-4-8(12)10(17-2)9(5-7)18(3,15)16/h4-6H,1-3H3,(H,13,14). The van der Waals surface area contributed by atoms with Gasteiger partial charge < -0.3 is 5.11 Å². The molecule has 1 unspecified atom stereocenters. The van der Waals surface area contributed by atoms with Crippen molar-refractivity contribution in [3.63, 3.8) is 0 Å². The fourth-order valence-electron chi connectivity index (χ4n) is 1.45. The van der Waals surface area contributed by atoms with Gasteiger partial charge >= 0.3 is 5.97 Å². The Kier molecular flexibility index (Phi) is 4.69. The molecule has 4 nitrogen and oxygen atoms in total. The van der Waals surface area contributed by atoms with Gasteiger partial charge in [0.05, 0.1) is 15.8 Å². The summed E-state index contributed by atoms with van der Waals surface area (Å²) >= 11 is 7.23. The van der Waals surface area contributed by atoms with Gasteiger partial charge in [-0.1, -0.05) is 11.6 Å². The van der Waals surface area contributed by atoms with Crippen molar-refractivity contribution in [2.75, 3.05) is 12.5 Å². The molecule has 0 amide bonds. The van der Waals surface area contributed by atoms with E-state index in [2.05, 4.69) is 0 Å². The minimum Gasteiger partial charge on any atom is -0.481 e. The molecule has 0 heterocycles. The lowest BCUT2D eigenvalue weighted by Crippen LogP contribution is -2.09. The molecule has 1 N–H and O–H groups in total. The van der Waals surface area contributed by atoms with Crippen LogP contribution in [0.1, 0.15) is 18.4 Å². The number of carboxylic acid groups (broad SMARTS) is 1. The lowest BCUT2D eigenvalue weighted by Gasteiger charge is -2.13. The number of carbonyl (C=O) groups is 1. The highest BCUT2D eigenvalue weighted by Gasteiger charge is 2.21. The molecule has 100 valence electrons. The molecule has 0 aliphatic heterocycles. The Balaban J connectivity index is 3.55. The quantitative estimate of drug-likeness (QED) is 0.866. The monoisotopic (exact) mass is 308 g/mol. The van der Waals surface area contributed by atoms with Crippen molar-refractivity contribution in [3.8, 4) is 0 Å². The molecule has 0 bridgehead atoms. The SMILES string of the molecule is CSc1c(Cl)cc(C(C)C(=O)O)cc1S(C)(=O)=O. The molecule has 1 atom stereocenters. The van der Waals surface area contributed by atoms with Crippen LogP contribution in [0.25, 0.3) is 0 Å². The minimum atomic E-state index is -3.45. The van der Waals surface area contributed by atoms with Gasteiger partial charge in [0.15, 0.2) is 9.84 Å². The Morgan fingerprint density at radius 1 is 1.44 bits per heavy atom. The summed E-state index contributed by atoms with van der Waals surface area (Å²) in [6, 6.07) is 2.88. The second-order valence-electron chi connectivity index (χ2n) is 3.87. The average Bonchev–Trinajstić information content (AvgIpc) is 2.25. The van der Waals surface area contributed by atoms with E-state index in [4.69, 9.17) is 16.7 Å². The zero-order valence-electron chi connectivity index (χ0n) is 10.1. The largest absolute Gasteiger partial charge is 0.481 e. The number of thioether (sulfide) groups is 1. The van der Waals surface area contributed by atoms with Gasteiger partial charge in [-0.2, -0.15) is 0 Å². The van der Waals surface area contributed by atoms with E-state index in [1.54, 1.807) is 6.26 Å². The van der Waals surface area contributed by atoms with E-state index >= 15 is 0 Å². The fraction of sp³-hybridized carbons (Fsp3) is 0.364. The van der Waals surface area contributed by atoms with Crippen LogP contribution in [0.5, 0.6) is 0 Å². The second kappa shape index (κ2) is 5.50. The molecule has 18 heavy (non-hydrogen) atoms. The number of benzene rings is 1. The third-order valence-electron chi connectivity index (χ3n) is 2.51. The molecule has 0 aliphatic carbocycles. The maximum atomic E-state index is 11.7. The zero-order valence-corrected chi connectivity index (χ0v) is 12.5. The zero-order chi connectivity index (χ0) is 14.1. The molecule has 0 saturated carbocycles. The Morgan fingerprint density at radius 3 is 2.39 bits per heavy atom. The summed E-state index contributed by atoms with van der Waals surface area (Å²) in [5, 5.41) is 9.21. The van der Waals surface area contributed by atoms with E-state index < -0.39 is 21.7 Å². The summed E-state index contributed by atoms with van der Waals surface area (Å²) in [7, 11) is -3.45. The predicted octanol–water partition coefficient (Wildman–Crippen LogP) is 2.65. The fourth-order valence-corrected chi connectivity index (χ4v) is 3.98. The van der Waals surface area contributed by atoms with Gasteiger partial charge in [0.2, 0.25) is 0 Å². The molecular formula is C11H13ClO4S2. The van der Waals surface area contributed by atoms with Crippen molar-refractivity contribution in [2.45, 2.75) is 22.6 Å². The van der Waals surface area contributed by atoms with E-state index in [1.807, 2.05) is 0 Å². The van der Waals surface area contributed by atoms with E-state index in [1.165, 1.54) is 30.8 Å². The van der Waals surface area contributed by atoms with Crippen molar-refractivity contribution in [2.24, 2.45) is 0 Å². The van der Waals surface area contributed by atoms with Crippen LogP contribution in [-0.2, 0) is 14.6 Å². The number of carboxylic acids is 1. The summed E-state index contributed by atoms with van der Waals surface area (Å²) < 4.78 is 23.4. The molecule has 0 aliphatic rings. The van der Waals surface area contributed by atoms with Crippen LogP contribution >= 0.6 is 23.4 Å². The van der Waals surface area contributed by atoms with Crippen molar-refractivity contribution in [1.29, 1.82) is 0 Å². The third-order valence-corrected chi connectivity index (χ3v) is 5.01. The highest BCUT2D eigenvalue weighted by molar-refractivity contribution is 7.99. The van der Waals surface area contributed by atoms with Gasteiger partial charge in [0, 0.05) is 11.2 Å². The third kappa shape index (κ3) is 3.18. The molecule has 1 aromatic rings. The van der Waals surface area contributed by atoms with Crippen LogP contribution in [0.15, 0.2) is 21.9 Å². The molecule has 1 rings (SSSR count). The second-order valence-corrected chi connectivity index (χ2v) is 7.07. The van der Waals surface area contributed by atoms with Gasteiger partial charge in [0.1, 0.15) is 0 Å². The molecule has 1 aromatic carbocycles. The van der Waals surface area contributed by atoms with Crippen LogP contribution in [0, 0.1) is 0 Å². The van der Waals surface area contributed by atoms with E-state index in [0.29, 0.717) is 10.5 Å². The van der Waals surface area contributed by atoms with Crippen molar-refractivity contribution in [1.82, 2.24) is 0 Å². The molecule has 0 spiro atoms. The van der Waals surface area contributed by atoms with Crippen molar-refractivity contribution >= 4 is 39.2 Å². The van der Waals surface area contributed by atoms with Crippen LogP contribution in [0.2, 0.25) is 5.02 Å². The van der Waals surface area contributed by atoms with Gasteiger partial charge in [-0.05, 0) is 30.9 Å². The number of rotatable bonds is 4. The van der Waals surface area contributed by atoms with Gasteiger partial charge in [0.25, 0.3) is 0 Å². The number of halogens is 1. The first-order valence-electron chi connectivity index (χ1n) is 4.98. The number of hydrogen-bond donors (Lipinski definition) is 1. The molecule has 0 saturated heterocycles. The molecule has 0 radical (unpaired) electrons. The Morgan fingerprint density at radius 2 is 2.00 bits per heavy atom. The normalized spacial score (nSPS) is 13.3. The van der Waals surface area contributed by atoms with Crippen LogP contribution in [0.4, 0.5) is 0 Å². The highest BCUT2D eigenvalue weighted by atomic mass is 35.5. The Hall–Kier alpha value is -0.720. The van der Waals surface area contributed by atoms with Crippen LogP contribution in [-0.4, -0.2) is 32.0 Å². The first-order chi connectivity index (χ1) is 8.18. The van der Waals surface area contributed by atoms with Gasteiger partial charge in [-0.15, -0.1) is 11.8 Å². The van der Waals surface area contributed by atoms with E-state index in [0.717, 1.165) is 6.26 Å². The summed E-state index contributed by atoms with van der Waals surface area (Å²) in [5.41, 5.74) is 0.380. The van der Waals surface area contributed by atoms with Gasteiger partial charge in [-0.25, -0.2) is 8.42 Å². The summed E-state index contributed by atoms with van der Waals surface area (Å²) in [5.74, 6) is -1.83. The van der Waals surface area contributed by atoms with Crippen LogP contribution < -0.4 is 0 Å². The summed E-state index contributed by atoms with van der Waals surface area (Å²) in [6.07, 6.45) is 2.80. The van der Waals surface area contributed by atoms with E-state index in [9.17, 15) is 13.2 Å². The molecule has 7 heteroatoms. The maximum Gasteiger partial charge on any atom is 0.310 e. The van der Waals surface area contributed by atoms with Gasteiger partial charge in [-0.3, -0.25) is 4.79 Å². The predicted molar refractivity (Wildman–Crippen MR) is 72.4 cm³/mol.